The average Bonchev–Trinajstić information content (AvgIpc) is 2.75. The Morgan fingerprint density at radius 3 is 2.07 bits per heavy atom. The standard InChI is InChI=1S/C22H35N3O2S/c26-28(27,20-11-5-2-6-12-20)23-21-13-7-8-14-22(21)25-17-15-24(16-18-25)19-9-3-1-4-10-19/h2,5-6,11-12,19,21-23H,1,3-4,7-10,13-18H2/t21-,22-/m0/s1. The highest BCUT2D eigenvalue weighted by Crippen LogP contribution is 2.28. The molecule has 2 aliphatic carbocycles. The minimum atomic E-state index is -3.45. The average molecular weight is 406 g/mol. The molecule has 0 amide bonds. The van der Waals surface area contributed by atoms with Crippen molar-refractivity contribution in [2.45, 2.75) is 80.8 Å². The van der Waals surface area contributed by atoms with Gasteiger partial charge in [-0.2, -0.15) is 0 Å². The maximum Gasteiger partial charge on any atom is 0.240 e. The van der Waals surface area contributed by atoms with Crippen LogP contribution in [0.15, 0.2) is 35.2 Å². The van der Waals surface area contributed by atoms with E-state index in [1.165, 1.54) is 38.5 Å². The van der Waals surface area contributed by atoms with Gasteiger partial charge in [-0.05, 0) is 37.8 Å². The van der Waals surface area contributed by atoms with Crippen LogP contribution in [0.4, 0.5) is 0 Å². The van der Waals surface area contributed by atoms with Crippen LogP contribution >= 0.6 is 0 Å². The highest BCUT2D eigenvalue weighted by Gasteiger charge is 2.35. The zero-order valence-electron chi connectivity index (χ0n) is 16.9. The van der Waals surface area contributed by atoms with Crippen LogP contribution in [0.5, 0.6) is 0 Å². The summed E-state index contributed by atoms with van der Waals surface area (Å²) in [4.78, 5) is 5.64. The Balaban J connectivity index is 1.38. The van der Waals surface area contributed by atoms with Gasteiger partial charge in [0.05, 0.1) is 4.90 Å². The molecule has 0 aromatic heterocycles. The first-order valence-corrected chi connectivity index (χ1v) is 12.7. The SMILES string of the molecule is O=S(=O)(N[C@H]1CCCC[C@@H]1N1CCN(C2CCCCC2)CC1)c1ccccc1. The molecule has 5 nitrogen and oxygen atoms in total. The summed E-state index contributed by atoms with van der Waals surface area (Å²) < 4.78 is 28.7. The van der Waals surface area contributed by atoms with Crippen LogP contribution in [0.3, 0.4) is 0 Å². The van der Waals surface area contributed by atoms with Crippen LogP contribution in [0.1, 0.15) is 57.8 Å². The van der Waals surface area contributed by atoms with Crippen molar-refractivity contribution in [2.75, 3.05) is 26.2 Å². The van der Waals surface area contributed by atoms with Crippen molar-refractivity contribution < 1.29 is 8.42 Å². The number of benzene rings is 1. The second-order valence-electron chi connectivity index (χ2n) is 8.76. The highest BCUT2D eigenvalue weighted by atomic mass is 32.2. The molecule has 1 aliphatic heterocycles. The van der Waals surface area contributed by atoms with E-state index in [-0.39, 0.29) is 6.04 Å². The molecule has 0 radical (unpaired) electrons. The van der Waals surface area contributed by atoms with Crippen LogP contribution in [-0.2, 0) is 10.0 Å². The molecular weight excluding hydrogens is 370 g/mol. The van der Waals surface area contributed by atoms with Gasteiger partial charge < -0.3 is 0 Å². The molecule has 1 saturated heterocycles. The predicted molar refractivity (Wildman–Crippen MR) is 113 cm³/mol. The maximum absolute atomic E-state index is 12.8. The van der Waals surface area contributed by atoms with E-state index >= 15 is 0 Å². The largest absolute Gasteiger partial charge is 0.298 e. The fraction of sp³-hybridized carbons (Fsp3) is 0.727. The smallest absolute Gasteiger partial charge is 0.240 e. The summed E-state index contributed by atoms with van der Waals surface area (Å²) in [7, 11) is -3.45. The van der Waals surface area contributed by atoms with E-state index in [1.54, 1.807) is 24.3 Å². The van der Waals surface area contributed by atoms with Crippen LogP contribution < -0.4 is 4.72 Å². The highest BCUT2D eigenvalue weighted by molar-refractivity contribution is 7.89. The molecule has 3 aliphatic rings. The molecule has 156 valence electrons. The van der Waals surface area contributed by atoms with E-state index in [0.717, 1.165) is 51.5 Å². The molecule has 2 atom stereocenters. The number of nitrogens with one attached hydrogen (secondary N) is 1. The number of rotatable bonds is 5. The van der Waals surface area contributed by atoms with E-state index in [4.69, 9.17) is 0 Å². The molecule has 4 rings (SSSR count). The number of hydrogen-bond acceptors (Lipinski definition) is 4. The van der Waals surface area contributed by atoms with Gasteiger partial charge in [-0.1, -0.05) is 50.3 Å². The number of nitrogens with zero attached hydrogens (tertiary/aromatic N) is 2. The molecule has 0 bridgehead atoms. The van der Waals surface area contributed by atoms with Gasteiger partial charge >= 0.3 is 0 Å². The summed E-state index contributed by atoms with van der Waals surface area (Å²) in [5.74, 6) is 0. The van der Waals surface area contributed by atoms with E-state index in [1.807, 2.05) is 6.07 Å². The lowest BCUT2D eigenvalue weighted by molar-refractivity contribution is 0.0380. The van der Waals surface area contributed by atoms with Crippen molar-refractivity contribution in [3.63, 3.8) is 0 Å². The molecule has 3 fully saturated rings. The lowest BCUT2D eigenvalue weighted by Crippen LogP contribution is -2.59. The predicted octanol–water partition coefficient (Wildman–Crippen LogP) is 3.23. The Hall–Kier alpha value is -0.950. The monoisotopic (exact) mass is 405 g/mol. The van der Waals surface area contributed by atoms with E-state index in [0.29, 0.717) is 10.9 Å². The van der Waals surface area contributed by atoms with Gasteiger partial charge in [-0.3, -0.25) is 9.80 Å². The van der Waals surface area contributed by atoms with E-state index < -0.39 is 10.0 Å². The fourth-order valence-electron chi connectivity index (χ4n) is 5.43. The first-order valence-electron chi connectivity index (χ1n) is 11.2. The maximum atomic E-state index is 12.8. The van der Waals surface area contributed by atoms with Crippen molar-refractivity contribution in [3.8, 4) is 0 Å². The van der Waals surface area contributed by atoms with Crippen molar-refractivity contribution in [3.05, 3.63) is 30.3 Å². The second kappa shape index (κ2) is 9.24. The first-order chi connectivity index (χ1) is 13.6. The Morgan fingerprint density at radius 2 is 1.36 bits per heavy atom. The number of hydrogen-bond donors (Lipinski definition) is 1. The first kappa shape index (κ1) is 20.3. The third-order valence-electron chi connectivity index (χ3n) is 7.00. The van der Waals surface area contributed by atoms with Gasteiger partial charge in [-0.15, -0.1) is 0 Å². The van der Waals surface area contributed by atoms with Gasteiger partial charge in [0.2, 0.25) is 10.0 Å². The van der Waals surface area contributed by atoms with Crippen LogP contribution in [-0.4, -0.2) is 62.5 Å². The van der Waals surface area contributed by atoms with E-state index in [2.05, 4.69) is 14.5 Å². The van der Waals surface area contributed by atoms with Crippen molar-refractivity contribution in [1.29, 1.82) is 0 Å². The topological polar surface area (TPSA) is 52.7 Å². The molecule has 2 saturated carbocycles. The molecule has 1 N–H and O–H groups in total. The lowest BCUT2D eigenvalue weighted by atomic mass is 9.89. The van der Waals surface area contributed by atoms with Crippen molar-refractivity contribution in [2.24, 2.45) is 0 Å². The summed E-state index contributed by atoms with van der Waals surface area (Å²) >= 11 is 0. The Labute approximate surface area is 170 Å². The van der Waals surface area contributed by atoms with Crippen LogP contribution in [0.25, 0.3) is 0 Å². The Bertz CT molecular complexity index is 711. The quantitative estimate of drug-likeness (QED) is 0.817. The molecule has 28 heavy (non-hydrogen) atoms. The number of sulfonamides is 1. The molecular formula is C22H35N3O2S. The molecule has 0 spiro atoms. The lowest BCUT2D eigenvalue weighted by Gasteiger charge is -2.46. The third kappa shape index (κ3) is 4.78. The molecule has 1 heterocycles. The van der Waals surface area contributed by atoms with E-state index in [9.17, 15) is 8.42 Å². The summed E-state index contributed by atoms with van der Waals surface area (Å²) in [5.41, 5.74) is 0. The molecule has 1 aromatic rings. The fourth-order valence-corrected chi connectivity index (χ4v) is 6.76. The summed E-state index contributed by atoms with van der Waals surface area (Å²) in [6.45, 7) is 4.42. The Morgan fingerprint density at radius 1 is 0.750 bits per heavy atom. The summed E-state index contributed by atoms with van der Waals surface area (Å²) in [6.07, 6.45) is 11.3. The van der Waals surface area contributed by atoms with Gasteiger partial charge in [0.25, 0.3) is 0 Å². The summed E-state index contributed by atoms with van der Waals surface area (Å²) in [6, 6.07) is 9.95. The molecule has 1 aromatic carbocycles. The minimum Gasteiger partial charge on any atom is -0.298 e. The van der Waals surface area contributed by atoms with Crippen molar-refractivity contribution >= 4 is 10.0 Å². The minimum absolute atomic E-state index is 0.0280. The normalized spacial score (nSPS) is 29.0. The van der Waals surface area contributed by atoms with Gasteiger partial charge in [-0.25, -0.2) is 13.1 Å². The molecule has 6 heteroatoms. The van der Waals surface area contributed by atoms with Gasteiger partial charge in [0, 0.05) is 44.3 Å². The van der Waals surface area contributed by atoms with Gasteiger partial charge in [0.1, 0.15) is 0 Å². The number of piperazine rings is 1. The molecule has 0 unspecified atom stereocenters. The summed E-state index contributed by atoms with van der Waals surface area (Å²) in [5, 5.41) is 0. The zero-order valence-corrected chi connectivity index (χ0v) is 17.7. The van der Waals surface area contributed by atoms with Gasteiger partial charge in [0.15, 0.2) is 0 Å². The van der Waals surface area contributed by atoms with Crippen LogP contribution in [0, 0.1) is 0 Å². The van der Waals surface area contributed by atoms with Crippen molar-refractivity contribution in [1.82, 2.24) is 14.5 Å². The zero-order chi connectivity index (χ0) is 19.4. The second-order valence-corrected chi connectivity index (χ2v) is 10.5. The third-order valence-corrected chi connectivity index (χ3v) is 8.50. The Kier molecular flexibility index (Phi) is 6.71. The van der Waals surface area contributed by atoms with Crippen LogP contribution in [0.2, 0.25) is 0 Å².